The third kappa shape index (κ3) is 2.68. The highest BCUT2D eigenvalue weighted by atomic mass is 16.4. The number of rotatable bonds is 3. The molecule has 0 radical (unpaired) electrons. The second-order valence-electron chi connectivity index (χ2n) is 4.52. The van der Waals surface area contributed by atoms with Crippen molar-refractivity contribution in [2.24, 2.45) is 0 Å². The van der Waals surface area contributed by atoms with E-state index >= 15 is 0 Å². The third-order valence-electron chi connectivity index (χ3n) is 2.99. The van der Waals surface area contributed by atoms with E-state index in [4.69, 9.17) is 10.8 Å². The Morgan fingerprint density at radius 2 is 1.89 bits per heavy atom. The number of anilines is 3. The summed E-state index contributed by atoms with van der Waals surface area (Å²) in [6, 6.07) is 10.9. The molecule has 0 unspecified atom stereocenters. The lowest BCUT2D eigenvalue weighted by Gasteiger charge is -2.13. The van der Waals surface area contributed by atoms with Gasteiger partial charge >= 0.3 is 5.97 Å². The minimum absolute atomic E-state index is 0.106. The van der Waals surface area contributed by atoms with E-state index in [1.54, 1.807) is 12.1 Å². The molecule has 0 fully saturated rings. The van der Waals surface area contributed by atoms with Gasteiger partial charge in [-0.05, 0) is 37.6 Å². The number of aryl methyl sites for hydroxylation is 2. The molecule has 0 heterocycles. The second-order valence-corrected chi connectivity index (χ2v) is 4.52. The van der Waals surface area contributed by atoms with Crippen molar-refractivity contribution < 1.29 is 9.90 Å². The van der Waals surface area contributed by atoms with Gasteiger partial charge in [0.25, 0.3) is 0 Å². The summed E-state index contributed by atoms with van der Waals surface area (Å²) in [5, 5.41) is 12.2. The molecule has 0 atom stereocenters. The molecule has 0 saturated carbocycles. The minimum atomic E-state index is -1.03. The van der Waals surface area contributed by atoms with Crippen molar-refractivity contribution in [1.82, 2.24) is 0 Å². The second kappa shape index (κ2) is 5.02. The number of nitrogens with one attached hydrogen (secondary N) is 1. The van der Waals surface area contributed by atoms with Crippen LogP contribution < -0.4 is 11.1 Å². The van der Waals surface area contributed by atoms with Gasteiger partial charge in [0.1, 0.15) is 0 Å². The maximum absolute atomic E-state index is 11.0. The molecule has 0 saturated heterocycles. The summed E-state index contributed by atoms with van der Waals surface area (Å²) in [4.78, 5) is 11.0. The lowest BCUT2D eigenvalue weighted by molar-refractivity contribution is 0.0698. The van der Waals surface area contributed by atoms with Gasteiger partial charge in [0.15, 0.2) is 0 Å². The van der Waals surface area contributed by atoms with E-state index in [1.165, 1.54) is 11.6 Å². The molecular weight excluding hydrogens is 240 g/mol. The summed E-state index contributed by atoms with van der Waals surface area (Å²) in [6.07, 6.45) is 0. The number of benzene rings is 2. The molecule has 4 heteroatoms. The number of carbonyl (C=O) groups is 1. The minimum Gasteiger partial charge on any atom is -0.478 e. The molecule has 0 aromatic heterocycles. The van der Waals surface area contributed by atoms with Crippen LogP contribution in [-0.4, -0.2) is 11.1 Å². The number of hydrogen-bond donors (Lipinski definition) is 3. The first kappa shape index (κ1) is 13.0. The predicted molar refractivity (Wildman–Crippen MR) is 77.0 cm³/mol. The van der Waals surface area contributed by atoms with Gasteiger partial charge < -0.3 is 16.2 Å². The predicted octanol–water partition coefficient (Wildman–Crippen LogP) is 3.33. The summed E-state index contributed by atoms with van der Waals surface area (Å²) in [5.74, 6) is -1.03. The van der Waals surface area contributed by atoms with E-state index in [1.807, 2.05) is 26.0 Å². The fourth-order valence-electron chi connectivity index (χ4n) is 1.96. The van der Waals surface area contributed by atoms with Crippen LogP contribution in [0.25, 0.3) is 0 Å². The lowest BCUT2D eigenvalue weighted by atomic mass is 10.1. The Hall–Kier alpha value is -2.49. The molecule has 2 rings (SSSR count). The molecule has 2 aromatic carbocycles. The van der Waals surface area contributed by atoms with Crippen LogP contribution >= 0.6 is 0 Å². The largest absolute Gasteiger partial charge is 0.478 e. The van der Waals surface area contributed by atoms with Crippen LogP contribution in [0.1, 0.15) is 21.5 Å². The monoisotopic (exact) mass is 256 g/mol. The number of hydrogen-bond acceptors (Lipinski definition) is 3. The quantitative estimate of drug-likeness (QED) is 0.736. The first-order valence-corrected chi connectivity index (χ1v) is 5.95. The van der Waals surface area contributed by atoms with Gasteiger partial charge in [-0.15, -0.1) is 0 Å². The topological polar surface area (TPSA) is 75.3 Å². The molecule has 0 spiro atoms. The van der Waals surface area contributed by atoms with Crippen molar-refractivity contribution in [3.8, 4) is 0 Å². The molecule has 4 N–H and O–H groups in total. The molecule has 98 valence electrons. The zero-order valence-electron chi connectivity index (χ0n) is 10.9. The average molecular weight is 256 g/mol. The number of para-hydroxylation sites is 1. The maximum atomic E-state index is 11.0. The van der Waals surface area contributed by atoms with Crippen molar-refractivity contribution >= 4 is 23.0 Å². The van der Waals surface area contributed by atoms with Crippen LogP contribution in [0.5, 0.6) is 0 Å². The maximum Gasteiger partial charge on any atom is 0.337 e. The third-order valence-corrected chi connectivity index (χ3v) is 2.99. The lowest BCUT2D eigenvalue weighted by Crippen LogP contribution is -2.05. The molecule has 0 bridgehead atoms. The van der Waals surface area contributed by atoms with E-state index < -0.39 is 5.97 Å². The Labute approximate surface area is 111 Å². The van der Waals surface area contributed by atoms with Gasteiger partial charge in [-0.3, -0.25) is 0 Å². The van der Waals surface area contributed by atoms with Crippen molar-refractivity contribution in [3.63, 3.8) is 0 Å². The smallest absolute Gasteiger partial charge is 0.337 e. The summed E-state index contributed by atoms with van der Waals surface area (Å²) in [6.45, 7) is 4.02. The zero-order valence-corrected chi connectivity index (χ0v) is 10.9. The molecule has 0 amide bonds. The van der Waals surface area contributed by atoms with Crippen LogP contribution in [0.4, 0.5) is 17.1 Å². The Kier molecular flexibility index (Phi) is 3.42. The summed E-state index contributed by atoms with van der Waals surface area (Å²) >= 11 is 0. The van der Waals surface area contributed by atoms with Crippen LogP contribution in [0.2, 0.25) is 0 Å². The van der Waals surface area contributed by atoms with Crippen LogP contribution in [0.3, 0.4) is 0 Å². The van der Waals surface area contributed by atoms with E-state index in [9.17, 15) is 4.79 Å². The number of aromatic carboxylic acids is 1. The van der Waals surface area contributed by atoms with Crippen molar-refractivity contribution in [3.05, 3.63) is 53.1 Å². The normalized spacial score (nSPS) is 10.2. The highest BCUT2D eigenvalue weighted by Crippen LogP contribution is 2.28. The number of nitrogen functional groups attached to an aromatic ring is 1. The first-order valence-electron chi connectivity index (χ1n) is 5.95. The molecule has 0 aliphatic heterocycles. The number of carboxylic acid groups (broad SMARTS) is 1. The van der Waals surface area contributed by atoms with Gasteiger partial charge in [0.2, 0.25) is 0 Å². The van der Waals surface area contributed by atoms with Crippen LogP contribution in [-0.2, 0) is 0 Å². The summed E-state index contributed by atoms with van der Waals surface area (Å²) in [5.41, 5.74) is 10.0. The molecular formula is C15H16N2O2. The Bertz CT molecular complexity index is 636. The zero-order chi connectivity index (χ0) is 14.0. The van der Waals surface area contributed by atoms with Gasteiger partial charge in [0.05, 0.1) is 16.9 Å². The Morgan fingerprint density at radius 1 is 1.16 bits per heavy atom. The standard InChI is InChI=1S/C15H16N2O2/c1-9-6-7-12(10(2)8-9)17-13-5-3-4-11(14(13)16)15(18)19/h3-8,17H,16H2,1-2H3,(H,18,19). The van der Waals surface area contributed by atoms with Crippen LogP contribution in [0.15, 0.2) is 36.4 Å². The summed E-state index contributed by atoms with van der Waals surface area (Å²) < 4.78 is 0. The van der Waals surface area contributed by atoms with E-state index in [0.29, 0.717) is 5.69 Å². The Morgan fingerprint density at radius 3 is 2.53 bits per heavy atom. The number of nitrogens with two attached hydrogens (primary N) is 1. The van der Waals surface area contributed by atoms with Crippen molar-refractivity contribution in [1.29, 1.82) is 0 Å². The fraction of sp³-hybridized carbons (Fsp3) is 0.133. The average Bonchev–Trinajstić information content (AvgIpc) is 2.34. The highest BCUT2D eigenvalue weighted by Gasteiger charge is 2.11. The molecule has 2 aromatic rings. The molecule has 0 aliphatic rings. The van der Waals surface area contributed by atoms with Crippen molar-refractivity contribution in [2.75, 3.05) is 11.1 Å². The molecule has 0 aliphatic carbocycles. The highest BCUT2D eigenvalue weighted by molar-refractivity contribution is 5.97. The van der Waals surface area contributed by atoms with Crippen molar-refractivity contribution in [2.45, 2.75) is 13.8 Å². The summed E-state index contributed by atoms with van der Waals surface area (Å²) in [7, 11) is 0. The first-order chi connectivity index (χ1) is 8.99. The molecule has 19 heavy (non-hydrogen) atoms. The van der Waals surface area contributed by atoms with Gasteiger partial charge in [-0.2, -0.15) is 0 Å². The fourth-order valence-corrected chi connectivity index (χ4v) is 1.96. The van der Waals surface area contributed by atoms with Gasteiger partial charge in [0, 0.05) is 5.69 Å². The number of carboxylic acids is 1. The van der Waals surface area contributed by atoms with Gasteiger partial charge in [-0.25, -0.2) is 4.79 Å². The van der Waals surface area contributed by atoms with Gasteiger partial charge in [-0.1, -0.05) is 23.8 Å². The molecule has 4 nitrogen and oxygen atoms in total. The Balaban J connectivity index is 2.38. The van der Waals surface area contributed by atoms with E-state index in [-0.39, 0.29) is 11.3 Å². The van der Waals surface area contributed by atoms with Crippen LogP contribution in [0, 0.1) is 13.8 Å². The SMILES string of the molecule is Cc1ccc(Nc2cccc(C(=O)O)c2N)c(C)c1. The van der Waals surface area contributed by atoms with E-state index in [2.05, 4.69) is 11.4 Å². The van der Waals surface area contributed by atoms with E-state index in [0.717, 1.165) is 11.3 Å².